The number of carbonyl (C=O) groups excluding carboxylic acids is 2. The van der Waals surface area contributed by atoms with Crippen LogP contribution < -0.4 is 14.4 Å². The Morgan fingerprint density at radius 1 is 0.943 bits per heavy atom. The number of nitrogens with zero attached hydrogens (tertiary/aromatic N) is 4. The largest absolute Gasteiger partial charge is 0.497 e. The third-order valence-electron chi connectivity index (χ3n) is 5.73. The first-order valence-corrected chi connectivity index (χ1v) is 11.9. The average Bonchev–Trinajstić information content (AvgIpc) is 3.52. The Kier molecular flexibility index (Phi) is 6.24. The number of methoxy groups -OCH3 is 2. The molecule has 0 bridgehead atoms. The maximum Gasteiger partial charge on any atom is 0.278 e. The first kappa shape index (κ1) is 22.7. The molecule has 176 valence electrons. The lowest BCUT2D eigenvalue weighted by molar-refractivity contribution is -0.115. The average molecular weight is 487 g/mol. The molecule has 8 nitrogen and oxygen atoms in total. The van der Waals surface area contributed by atoms with Crippen LogP contribution in [0.3, 0.4) is 0 Å². The number of ether oxygens (including phenoxy) is 2. The van der Waals surface area contributed by atoms with Gasteiger partial charge in [0, 0.05) is 41.0 Å². The number of anilines is 1. The zero-order valence-electron chi connectivity index (χ0n) is 19.1. The van der Waals surface area contributed by atoms with Gasteiger partial charge in [0.25, 0.3) is 5.91 Å². The number of thioether (sulfide) groups is 1. The molecule has 1 atom stereocenters. The van der Waals surface area contributed by atoms with Crippen molar-refractivity contribution in [2.45, 2.75) is 5.37 Å². The molecule has 2 aromatic heterocycles. The summed E-state index contributed by atoms with van der Waals surface area (Å²) in [6, 6.07) is 18.1. The normalized spacial score (nSPS) is 15.3. The van der Waals surface area contributed by atoms with Crippen LogP contribution in [0.4, 0.5) is 5.69 Å². The lowest BCUT2D eigenvalue weighted by Gasteiger charge is -2.24. The van der Waals surface area contributed by atoms with E-state index < -0.39 is 0 Å². The first-order chi connectivity index (χ1) is 17.1. The molecule has 0 spiro atoms. The van der Waals surface area contributed by atoms with Crippen molar-refractivity contribution in [3.63, 3.8) is 0 Å². The van der Waals surface area contributed by atoms with Crippen molar-refractivity contribution in [3.8, 4) is 22.8 Å². The molecule has 3 heterocycles. The Balaban J connectivity index is 1.60. The highest BCUT2D eigenvalue weighted by atomic mass is 32.2. The summed E-state index contributed by atoms with van der Waals surface area (Å²) in [4.78, 5) is 31.9. The Hall–Kier alpha value is -4.11. The summed E-state index contributed by atoms with van der Waals surface area (Å²) in [7, 11) is 3.21. The summed E-state index contributed by atoms with van der Waals surface area (Å²) < 4.78 is 11.9. The highest BCUT2D eigenvalue weighted by Crippen LogP contribution is 2.45. The molecule has 2 aromatic carbocycles. The van der Waals surface area contributed by atoms with Crippen LogP contribution in [0, 0.1) is 0 Å². The fraction of sp³-hybridized carbons (Fsp3) is 0.154. The molecule has 35 heavy (non-hydrogen) atoms. The molecule has 1 aliphatic heterocycles. The number of carbonyl (C=O) groups is 2. The van der Waals surface area contributed by atoms with Crippen molar-refractivity contribution < 1.29 is 19.1 Å². The van der Waals surface area contributed by atoms with E-state index in [9.17, 15) is 9.59 Å². The van der Waals surface area contributed by atoms with Crippen molar-refractivity contribution in [1.82, 2.24) is 14.8 Å². The minimum absolute atomic E-state index is 0.0148. The smallest absolute Gasteiger partial charge is 0.278 e. The van der Waals surface area contributed by atoms with E-state index in [0.717, 1.165) is 16.8 Å². The lowest BCUT2D eigenvalue weighted by Crippen LogP contribution is -2.27. The molecule has 0 N–H and O–H groups in total. The van der Waals surface area contributed by atoms with Gasteiger partial charge in [-0.15, -0.1) is 11.8 Å². The third-order valence-corrected chi connectivity index (χ3v) is 6.92. The second-order valence-corrected chi connectivity index (χ2v) is 8.84. The van der Waals surface area contributed by atoms with Gasteiger partial charge in [-0.1, -0.05) is 0 Å². The van der Waals surface area contributed by atoms with Crippen molar-refractivity contribution >= 4 is 29.3 Å². The van der Waals surface area contributed by atoms with Gasteiger partial charge < -0.3 is 9.47 Å². The summed E-state index contributed by atoms with van der Waals surface area (Å²) in [5.41, 5.74) is 3.43. The highest BCUT2D eigenvalue weighted by Gasteiger charge is 2.37. The molecule has 0 saturated carbocycles. The fourth-order valence-corrected chi connectivity index (χ4v) is 5.13. The first-order valence-electron chi connectivity index (χ1n) is 10.9. The van der Waals surface area contributed by atoms with Crippen LogP contribution >= 0.6 is 11.8 Å². The van der Waals surface area contributed by atoms with Gasteiger partial charge in [0.2, 0.25) is 5.91 Å². The Morgan fingerprint density at radius 2 is 1.57 bits per heavy atom. The summed E-state index contributed by atoms with van der Waals surface area (Å²) in [6.07, 6.45) is 4.85. The maximum absolute atomic E-state index is 13.2. The number of amides is 1. The van der Waals surface area contributed by atoms with Gasteiger partial charge in [-0.3, -0.25) is 19.5 Å². The van der Waals surface area contributed by atoms with Gasteiger partial charge >= 0.3 is 0 Å². The zero-order valence-corrected chi connectivity index (χ0v) is 19.9. The predicted octanol–water partition coefficient (Wildman–Crippen LogP) is 4.43. The molecule has 1 unspecified atom stereocenters. The minimum Gasteiger partial charge on any atom is -0.497 e. The minimum atomic E-state index is -0.355. The SMILES string of the molecule is COc1ccc(-c2nn(C(=O)c3ccncc3)cc2C2SCC(=O)N2c2ccc(OC)cc2)cc1. The third kappa shape index (κ3) is 4.38. The Bertz CT molecular complexity index is 1350. The molecule has 1 aliphatic rings. The van der Waals surface area contributed by atoms with Crippen molar-refractivity contribution in [2.75, 3.05) is 24.9 Å². The summed E-state index contributed by atoms with van der Waals surface area (Å²) >= 11 is 1.50. The number of hydrogen-bond donors (Lipinski definition) is 0. The molecule has 4 aromatic rings. The Labute approximate surface area is 206 Å². The van der Waals surface area contributed by atoms with Gasteiger partial charge in [-0.25, -0.2) is 4.68 Å². The van der Waals surface area contributed by atoms with Gasteiger partial charge in [-0.05, 0) is 60.7 Å². The topological polar surface area (TPSA) is 86.6 Å². The van der Waals surface area contributed by atoms with E-state index in [1.165, 1.54) is 16.4 Å². The van der Waals surface area contributed by atoms with E-state index in [0.29, 0.717) is 28.5 Å². The van der Waals surface area contributed by atoms with E-state index in [2.05, 4.69) is 10.1 Å². The molecule has 0 aliphatic carbocycles. The zero-order chi connectivity index (χ0) is 24.4. The number of aromatic nitrogens is 3. The number of benzene rings is 2. The fourth-order valence-electron chi connectivity index (χ4n) is 3.95. The van der Waals surface area contributed by atoms with Crippen LogP contribution in [0.1, 0.15) is 21.3 Å². The molecule has 5 rings (SSSR count). The standard InChI is InChI=1S/C26H22N4O4S/c1-33-20-7-3-17(4-8-20)24-22(15-29(28-24)25(32)18-11-13-27-14-12-18)26-30(23(31)16-35-26)19-5-9-21(34-2)10-6-19/h3-15,26H,16H2,1-2H3. The van der Waals surface area contributed by atoms with E-state index in [-0.39, 0.29) is 17.2 Å². The van der Waals surface area contributed by atoms with Crippen LogP contribution in [0.2, 0.25) is 0 Å². The number of pyridine rings is 1. The highest BCUT2D eigenvalue weighted by molar-refractivity contribution is 8.00. The Morgan fingerprint density at radius 3 is 2.20 bits per heavy atom. The van der Waals surface area contributed by atoms with Crippen molar-refractivity contribution in [3.05, 3.63) is 90.4 Å². The molecule has 0 radical (unpaired) electrons. The molecule has 1 amide bonds. The lowest BCUT2D eigenvalue weighted by atomic mass is 10.1. The molecular weight excluding hydrogens is 464 g/mol. The quantitative estimate of drug-likeness (QED) is 0.398. The van der Waals surface area contributed by atoms with Crippen LogP contribution in [-0.4, -0.2) is 46.6 Å². The molecule has 1 fully saturated rings. The van der Waals surface area contributed by atoms with Gasteiger partial charge in [0.1, 0.15) is 16.9 Å². The summed E-state index contributed by atoms with van der Waals surface area (Å²) in [5.74, 6) is 1.45. The van der Waals surface area contributed by atoms with Crippen molar-refractivity contribution in [2.24, 2.45) is 0 Å². The number of rotatable bonds is 6. The van der Waals surface area contributed by atoms with Crippen molar-refractivity contribution in [1.29, 1.82) is 0 Å². The molecule has 1 saturated heterocycles. The van der Waals surface area contributed by atoms with Gasteiger partial charge in [0.15, 0.2) is 0 Å². The monoisotopic (exact) mass is 486 g/mol. The van der Waals surface area contributed by atoms with Crippen LogP contribution in [0.5, 0.6) is 11.5 Å². The van der Waals surface area contributed by atoms with Gasteiger partial charge in [-0.2, -0.15) is 5.10 Å². The van der Waals surface area contributed by atoms with Gasteiger partial charge in [0.05, 0.1) is 25.7 Å². The molecule has 9 heteroatoms. The van der Waals surface area contributed by atoms with E-state index in [1.54, 1.807) is 49.8 Å². The van der Waals surface area contributed by atoms with E-state index in [1.807, 2.05) is 48.5 Å². The summed E-state index contributed by atoms with van der Waals surface area (Å²) in [6.45, 7) is 0. The van der Waals surface area contributed by atoms with E-state index in [4.69, 9.17) is 9.47 Å². The predicted molar refractivity (Wildman–Crippen MR) is 134 cm³/mol. The summed E-state index contributed by atoms with van der Waals surface area (Å²) in [5, 5.41) is 4.32. The molecular formula is C26H22N4O4S. The van der Waals surface area contributed by atoms with E-state index >= 15 is 0 Å². The second-order valence-electron chi connectivity index (χ2n) is 7.77. The number of hydrogen-bond acceptors (Lipinski definition) is 7. The second kappa shape index (κ2) is 9.63. The van der Waals surface area contributed by atoms with Crippen LogP contribution in [0.25, 0.3) is 11.3 Å². The van der Waals surface area contributed by atoms with Crippen LogP contribution in [-0.2, 0) is 4.79 Å². The maximum atomic E-state index is 13.2. The van der Waals surface area contributed by atoms with Crippen LogP contribution in [0.15, 0.2) is 79.3 Å².